The van der Waals surface area contributed by atoms with E-state index in [9.17, 15) is 18.0 Å². The number of halogens is 3. The largest absolute Gasteiger partial charge is 0.433 e. The molecule has 136 valence electrons. The molecule has 0 amide bonds. The highest BCUT2D eigenvalue weighted by molar-refractivity contribution is 5.37. The van der Waals surface area contributed by atoms with Crippen molar-refractivity contribution < 1.29 is 13.2 Å². The van der Waals surface area contributed by atoms with E-state index in [0.717, 1.165) is 19.2 Å². The molecule has 3 heterocycles. The number of rotatable bonds is 3. The van der Waals surface area contributed by atoms with Crippen LogP contribution in [0.1, 0.15) is 24.2 Å². The van der Waals surface area contributed by atoms with Gasteiger partial charge < -0.3 is 4.90 Å². The van der Waals surface area contributed by atoms with Crippen LogP contribution in [0.25, 0.3) is 0 Å². The fourth-order valence-electron chi connectivity index (χ4n) is 2.88. The summed E-state index contributed by atoms with van der Waals surface area (Å²) >= 11 is 0. The van der Waals surface area contributed by atoms with Crippen LogP contribution in [0.15, 0.2) is 29.6 Å². The fraction of sp³-hybridized carbons (Fsp3) is 0.438. The first-order chi connectivity index (χ1) is 12.4. The van der Waals surface area contributed by atoms with Gasteiger partial charge in [0.15, 0.2) is 11.4 Å². The zero-order valence-corrected chi connectivity index (χ0v) is 13.6. The van der Waals surface area contributed by atoms with Gasteiger partial charge in [-0.25, -0.2) is 15.0 Å². The monoisotopic (exact) mass is 364 g/mol. The Morgan fingerprint density at radius 1 is 1.19 bits per heavy atom. The maximum absolute atomic E-state index is 12.6. The van der Waals surface area contributed by atoms with E-state index in [1.165, 1.54) is 10.8 Å². The average molecular weight is 364 g/mol. The predicted octanol–water partition coefficient (Wildman–Crippen LogP) is 1.84. The number of anilines is 1. The summed E-state index contributed by atoms with van der Waals surface area (Å²) < 4.78 is 38.9. The van der Waals surface area contributed by atoms with Crippen LogP contribution in [-0.4, -0.2) is 32.6 Å². The SMILES string of the molecule is N#Cc1cnc(N2CCC(Cn3cnc(C(F)(F)F)cc3=O)CC2)cn1. The normalized spacial score (nSPS) is 15.7. The maximum atomic E-state index is 12.6. The lowest BCUT2D eigenvalue weighted by atomic mass is 9.97. The van der Waals surface area contributed by atoms with Crippen LogP contribution in [0, 0.1) is 17.2 Å². The van der Waals surface area contributed by atoms with Gasteiger partial charge >= 0.3 is 6.18 Å². The number of alkyl halides is 3. The summed E-state index contributed by atoms with van der Waals surface area (Å²) in [6.07, 6.45) is 0.817. The molecule has 0 atom stereocenters. The molecule has 0 spiro atoms. The third-order valence-corrected chi connectivity index (χ3v) is 4.32. The van der Waals surface area contributed by atoms with Gasteiger partial charge in [0.2, 0.25) is 0 Å². The molecule has 7 nitrogen and oxygen atoms in total. The van der Waals surface area contributed by atoms with Crippen LogP contribution in [0.4, 0.5) is 19.0 Å². The lowest BCUT2D eigenvalue weighted by Gasteiger charge is -2.32. The maximum Gasteiger partial charge on any atom is 0.433 e. The minimum atomic E-state index is -4.62. The minimum Gasteiger partial charge on any atom is -0.355 e. The van der Waals surface area contributed by atoms with Gasteiger partial charge in [-0.1, -0.05) is 0 Å². The predicted molar refractivity (Wildman–Crippen MR) is 85.2 cm³/mol. The summed E-state index contributed by atoms with van der Waals surface area (Å²) in [6, 6.07) is 2.44. The molecular formula is C16H15F3N6O. The van der Waals surface area contributed by atoms with Crippen molar-refractivity contribution in [2.45, 2.75) is 25.6 Å². The van der Waals surface area contributed by atoms with E-state index in [0.29, 0.717) is 31.5 Å². The highest BCUT2D eigenvalue weighted by atomic mass is 19.4. The molecule has 1 aliphatic heterocycles. The number of piperidine rings is 1. The summed E-state index contributed by atoms with van der Waals surface area (Å²) in [6.45, 7) is 1.71. The smallest absolute Gasteiger partial charge is 0.355 e. The van der Waals surface area contributed by atoms with E-state index in [1.54, 1.807) is 6.20 Å². The molecular weight excluding hydrogens is 349 g/mol. The number of hydrogen-bond donors (Lipinski definition) is 0. The van der Waals surface area contributed by atoms with Crippen molar-refractivity contribution in [3.8, 4) is 6.07 Å². The third-order valence-electron chi connectivity index (χ3n) is 4.32. The Bertz CT molecular complexity index is 863. The van der Waals surface area contributed by atoms with Crippen molar-refractivity contribution in [2.24, 2.45) is 5.92 Å². The second-order valence-corrected chi connectivity index (χ2v) is 6.06. The average Bonchev–Trinajstić information content (AvgIpc) is 2.63. The van der Waals surface area contributed by atoms with Gasteiger partial charge in [-0.15, -0.1) is 0 Å². The van der Waals surface area contributed by atoms with Gasteiger partial charge in [-0.05, 0) is 18.8 Å². The highest BCUT2D eigenvalue weighted by Gasteiger charge is 2.33. The number of nitrogens with zero attached hydrogens (tertiary/aromatic N) is 6. The lowest BCUT2D eigenvalue weighted by Crippen LogP contribution is -2.37. The Hall–Kier alpha value is -2.96. The lowest BCUT2D eigenvalue weighted by molar-refractivity contribution is -0.141. The van der Waals surface area contributed by atoms with Crippen LogP contribution in [-0.2, 0) is 12.7 Å². The first kappa shape index (κ1) is 17.8. The zero-order valence-electron chi connectivity index (χ0n) is 13.6. The molecule has 0 bridgehead atoms. The van der Waals surface area contributed by atoms with Gasteiger partial charge in [0.25, 0.3) is 5.56 Å². The molecule has 26 heavy (non-hydrogen) atoms. The van der Waals surface area contributed by atoms with E-state index in [-0.39, 0.29) is 11.6 Å². The van der Waals surface area contributed by atoms with E-state index in [1.807, 2.05) is 11.0 Å². The van der Waals surface area contributed by atoms with Crippen LogP contribution < -0.4 is 10.5 Å². The van der Waals surface area contributed by atoms with Crippen molar-refractivity contribution in [3.63, 3.8) is 0 Å². The van der Waals surface area contributed by atoms with Crippen LogP contribution >= 0.6 is 0 Å². The van der Waals surface area contributed by atoms with Crippen molar-refractivity contribution >= 4 is 5.82 Å². The Labute approximate surface area is 146 Å². The van der Waals surface area contributed by atoms with E-state index in [2.05, 4.69) is 15.0 Å². The molecule has 0 aromatic carbocycles. The van der Waals surface area contributed by atoms with Gasteiger partial charge in [-0.2, -0.15) is 18.4 Å². The molecule has 1 saturated heterocycles. The summed E-state index contributed by atoms with van der Waals surface area (Å²) in [4.78, 5) is 25.4. The van der Waals surface area contributed by atoms with Crippen molar-refractivity contribution in [1.82, 2.24) is 19.5 Å². The Balaban J connectivity index is 1.60. The molecule has 0 unspecified atom stereocenters. The Kier molecular flexibility index (Phi) is 4.88. The van der Waals surface area contributed by atoms with Crippen molar-refractivity contribution in [3.05, 3.63) is 46.5 Å². The quantitative estimate of drug-likeness (QED) is 0.826. The molecule has 10 heteroatoms. The first-order valence-electron chi connectivity index (χ1n) is 7.97. The molecule has 0 saturated carbocycles. The van der Waals surface area contributed by atoms with Crippen LogP contribution in [0.5, 0.6) is 0 Å². The zero-order chi connectivity index (χ0) is 18.7. The molecule has 2 aromatic heterocycles. The van der Waals surface area contributed by atoms with Gasteiger partial charge in [0, 0.05) is 25.7 Å². The second kappa shape index (κ2) is 7.11. The van der Waals surface area contributed by atoms with Gasteiger partial charge in [-0.3, -0.25) is 9.36 Å². The molecule has 0 aliphatic carbocycles. The first-order valence-corrected chi connectivity index (χ1v) is 7.97. The standard InChI is InChI=1S/C16H15F3N6O/c17-16(18,19)13-5-15(26)25(10-23-13)9-11-1-3-24(4-2-11)14-8-21-12(6-20)7-22-14/h5,7-8,10-11H,1-4,9H2. The molecule has 1 fully saturated rings. The third kappa shape index (κ3) is 3.99. The highest BCUT2D eigenvalue weighted by Crippen LogP contribution is 2.26. The summed E-state index contributed by atoms with van der Waals surface area (Å²) in [5.41, 5.74) is -1.63. The molecule has 1 aliphatic rings. The number of hydrogen-bond acceptors (Lipinski definition) is 6. The van der Waals surface area contributed by atoms with Gasteiger partial charge in [0.05, 0.1) is 18.7 Å². The van der Waals surface area contributed by atoms with Crippen LogP contribution in [0.2, 0.25) is 0 Å². The topological polar surface area (TPSA) is 87.7 Å². The molecule has 2 aromatic rings. The Morgan fingerprint density at radius 2 is 1.92 bits per heavy atom. The van der Waals surface area contributed by atoms with E-state index >= 15 is 0 Å². The fourth-order valence-corrected chi connectivity index (χ4v) is 2.88. The molecule has 0 radical (unpaired) electrons. The van der Waals surface area contributed by atoms with Gasteiger partial charge in [0.1, 0.15) is 11.9 Å². The second-order valence-electron chi connectivity index (χ2n) is 6.06. The van der Waals surface area contributed by atoms with Crippen molar-refractivity contribution in [2.75, 3.05) is 18.0 Å². The summed E-state index contributed by atoms with van der Waals surface area (Å²) in [7, 11) is 0. The minimum absolute atomic E-state index is 0.161. The van der Waals surface area contributed by atoms with E-state index in [4.69, 9.17) is 5.26 Å². The molecule has 0 N–H and O–H groups in total. The summed E-state index contributed by atoms with van der Waals surface area (Å²) in [5.74, 6) is 0.838. The Morgan fingerprint density at radius 3 is 2.46 bits per heavy atom. The van der Waals surface area contributed by atoms with E-state index < -0.39 is 17.4 Å². The van der Waals surface area contributed by atoms with Crippen LogP contribution in [0.3, 0.4) is 0 Å². The number of nitriles is 1. The van der Waals surface area contributed by atoms with Crippen molar-refractivity contribution in [1.29, 1.82) is 5.26 Å². The molecule has 3 rings (SSSR count). The summed E-state index contributed by atoms with van der Waals surface area (Å²) in [5, 5.41) is 8.74. The number of aromatic nitrogens is 4.